The molecule has 66 valence electrons. The zero-order chi connectivity index (χ0) is 9.28. The topological polar surface area (TPSA) is 29.4 Å². The maximum atomic E-state index is 9.71. The summed E-state index contributed by atoms with van der Waals surface area (Å²) in [5.41, 5.74) is 0. The maximum Gasteiger partial charge on any atom is 0.235 e. The van der Waals surface area contributed by atoms with Crippen LogP contribution in [0.4, 0.5) is 0 Å². The number of isocyanates is 1. The normalized spacial score (nSPS) is 11.1. The van der Waals surface area contributed by atoms with Crippen LogP contribution >= 0.6 is 0 Å². The quantitative estimate of drug-likeness (QED) is 0.457. The molecule has 2 nitrogen and oxygen atoms in total. The standard InChI is InChI=1S/C7H13NO.C2H6/c1-6(2)4-7(3)8-5-9;1-2/h6-7H,4H2,1-3H3;1-2H3. The summed E-state index contributed by atoms with van der Waals surface area (Å²) in [6, 6.07) is 0.141. The number of nitrogens with zero attached hydrogens (tertiary/aromatic N) is 1. The first kappa shape index (κ1) is 13.0. The van der Waals surface area contributed by atoms with Crippen molar-refractivity contribution in [2.75, 3.05) is 0 Å². The summed E-state index contributed by atoms with van der Waals surface area (Å²) in [5.74, 6) is 0.608. The van der Waals surface area contributed by atoms with Crippen molar-refractivity contribution in [2.24, 2.45) is 10.9 Å². The fraction of sp³-hybridized carbons (Fsp3) is 0.889. The minimum atomic E-state index is 0.141. The highest BCUT2D eigenvalue weighted by Crippen LogP contribution is 2.05. The molecule has 0 bridgehead atoms. The molecule has 11 heavy (non-hydrogen) atoms. The van der Waals surface area contributed by atoms with Gasteiger partial charge in [0.15, 0.2) is 0 Å². The van der Waals surface area contributed by atoms with Gasteiger partial charge in [-0.2, -0.15) is 0 Å². The summed E-state index contributed by atoms with van der Waals surface area (Å²) in [6.45, 7) is 10.1. The van der Waals surface area contributed by atoms with Gasteiger partial charge in [-0.05, 0) is 19.3 Å². The van der Waals surface area contributed by atoms with E-state index in [9.17, 15) is 4.79 Å². The summed E-state index contributed by atoms with van der Waals surface area (Å²) in [6.07, 6.45) is 2.52. The number of rotatable bonds is 3. The fourth-order valence-electron chi connectivity index (χ4n) is 0.825. The van der Waals surface area contributed by atoms with Crippen molar-refractivity contribution in [2.45, 2.75) is 47.1 Å². The van der Waals surface area contributed by atoms with Crippen molar-refractivity contribution >= 4 is 6.08 Å². The molecule has 0 aliphatic rings. The molecule has 0 radical (unpaired) electrons. The zero-order valence-corrected chi connectivity index (χ0v) is 8.22. The van der Waals surface area contributed by atoms with E-state index in [1.165, 1.54) is 0 Å². The van der Waals surface area contributed by atoms with Gasteiger partial charge in [-0.1, -0.05) is 27.7 Å². The molecule has 0 saturated heterocycles. The minimum Gasteiger partial charge on any atom is -0.211 e. The lowest BCUT2D eigenvalue weighted by molar-refractivity contribution is 0.511. The Morgan fingerprint density at radius 1 is 1.27 bits per heavy atom. The van der Waals surface area contributed by atoms with Crippen LogP contribution in [-0.4, -0.2) is 12.1 Å². The molecular weight excluding hydrogens is 138 g/mol. The second kappa shape index (κ2) is 9.38. The lowest BCUT2D eigenvalue weighted by atomic mass is 10.1. The van der Waals surface area contributed by atoms with Gasteiger partial charge in [-0.15, -0.1) is 0 Å². The number of aliphatic imine (C=N–C) groups is 1. The Hall–Kier alpha value is -0.620. The molecule has 0 aliphatic carbocycles. The molecule has 2 heteroatoms. The number of hydrogen-bond acceptors (Lipinski definition) is 2. The number of carbonyl (C=O) groups excluding carboxylic acids is 1. The first-order valence-electron chi connectivity index (χ1n) is 4.23. The summed E-state index contributed by atoms with van der Waals surface area (Å²) < 4.78 is 0. The van der Waals surface area contributed by atoms with E-state index < -0.39 is 0 Å². The SMILES string of the molecule is CC.CC(C)CC(C)N=C=O. The van der Waals surface area contributed by atoms with E-state index in [1.807, 2.05) is 20.8 Å². The Labute approximate surface area is 69.7 Å². The zero-order valence-electron chi connectivity index (χ0n) is 8.22. The molecule has 0 N–H and O–H groups in total. The third-order valence-electron chi connectivity index (χ3n) is 1.09. The Morgan fingerprint density at radius 3 is 2.00 bits per heavy atom. The van der Waals surface area contributed by atoms with Crippen molar-refractivity contribution in [1.29, 1.82) is 0 Å². The first-order chi connectivity index (χ1) is 5.16. The summed E-state index contributed by atoms with van der Waals surface area (Å²) in [5, 5.41) is 0. The Morgan fingerprint density at radius 2 is 1.73 bits per heavy atom. The average Bonchev–Trinajstić information content (AvgIpc) is 1.91. The van der Waals surface area contributed by atoms with Crippen molar-refractivity contribution in [1.82, 2.24) is 0 Å². The van der Waals surface area contributed by atoms with Crippen LogP contribution in [0.5, 0.6) is 0 Å². The Kier molecular flexibility index (Phi) is 11.1. The molecule has 0 aromatic rings. The molecule has 0 amide bonds. The smallest absolute Gasteiger partial charge is 0.211 e. The molecule has 0 fully saturated rings. The van der Waals surface area contributed by atoms with Gasteiger partial charge in [0.05, 0.1) is 6.04 Å². The predicted molar refractivity (Wildman–Crippen MR) is 48.4 cm³/mol. The van der Waals surface area contributed by atoms with Crippen LogP contribution in [0.25, 0.3) is 0 Å². The number of hydrogen-bond donors (Lipinski definition) is 0. The molecule has 0 saturated carbocycles. The van der Waals surface area contributed by atoms with Crippen LogP contribution in [0, 0.1) is 5.92 Å². The third-order valence-corrected chi connectivity index (χ3v) is 1.09. The third kappa shape index (κ3) is 12.6. The highest BCUT2D eigenvalue weighted by Gasteiger charge is 2.00. The van der Waals surface area contributed by atoms with Crippen molar-refractivity contribution < 1.29 is 4.79 Å². The van der Waals surface area contributed by atoms with Gasteiger partial charge in [-0.25, -0.2) is 9.79 Å². The Bertz CT molecular complexity index is 115. The van der Waals surface area contributed by atoms with Gasteiger partial charge >= 0.3 is 0 Å². The minimum absolute atomic E-state index is 0.141. The van der Waals surface area contributed by atoms with E-state index >= 15 is 0 Å². The fourth-order valence-corrected chi connectivity index (χ4v) is 0.825. The largest absolute Gasteiger partial charge is 0.235 e. The second-order valence-electron chi connectivity index (χ2n) is 2.70. The molecule has 1 atom stereocenters. The average molecular weight is 157 g/mol. The monoisotopic (exact) mass is 157 g/mol. The highest BCUT2D eigenvalue weighted by atomic mass is 16.1. The molecule has 0 aromatic carbocycles. The van der Waals surface area contributed by atoms with E-state index in [0.717, 1.165) is 6.42 Å². The van der Waals surface area contributed by atoms with Crippen molar-refractivity contribution in [3.63, 3.8) is 0 Å². The van der Waals surface area contributed by atoms with E-state index in [0.29, 0.717) is 5.92 Å². The first-order valence-corrected chi connectivity index (χ1v) is 4.23. The highest BCUT2D eigenvalue weighted by molar-refractivity contribution is 5.33. The molecule has 0 heterocycles. The van der Waals surface area contributed by atoms with Crippen molar-refractivity contribution in [3.8, 4) is 0 Å². The predicted octanol–water partition coefficient (Wildman–Crippen LogP) is 2.78. The van der Waals surface area contributed by atoms with Gasteiger partial charge in [0.25, 0.3) is 0 Å². The molecular formula is C9H19NO. The van der Waals surface area contributed by atoms with E-state index in [2.05, 4.69) is 18.8 Å². The lowest BCUT2D eigenvalue weighted by Crippen LogP contribution is -2.01. The van der Waals surface area contributed by atoms with Gasteiger partial charge in [0.2, 0.25) is 6.08 Å². The molecule has 0 aromatic heterocycles. The van der Waals surface area contributed by atoms with Crippen LogP contribution in [0.3, 0.4) is 0 Å². The van der Waals surface area contributed by atoms with Gasteiger partial charge in [-0.3, -0.25) is 0 Å². The van der Waals surface area contributed by atoms with Crippen LogP contribution in [0.15, 0.2) is 4.99 Å². The van der Waals surface area contributed by atoms with E-state index in [-0.39, 0.29) is 6.04 Å². The van der Waals surface area contributed by atoms with Crippen molar-refractivity contribution in [3.05, 3.63) is 0 Å². The van der Waals surface area contributed by atoms with Crippen LogP contribution in [0.2, 0.25) is 0 Å². The summed E-state index contributed by atoms with van der Waals surface area (Å²) >= 11 is 0. The second-order valence-corrected chi connectivity index (χ2v) is 2.70. The molecule has 0 spiro atoms. The molecule has 1 unspecified atom stereocenters. The summed E-state index contributed by atoms with van der Waals surface area (Å²) in [4.78, 5) is 13.3. The maximum absolute atomic E-state index is 9.71. The van der Waals surface area contributed by atoms with Gasteiger partial charge in [0, 0.05) is 0 Å². The van der Waals surface area contributed by atoms with Crippen LogP contribution in [-0.2, 0) is 4.79 Å². The molecule has 0 rings (SSSR count). The van der Waals surface area contributed by atoms with Gasteiger partial charge in [0.1, 0.15) is 0 Å². The lowest BCUT2D eigenvalue weighted by Gasteiger charge is -2.05. The summed E-state index contributed by atoms with van der Waals surface area (Å²) in [7, 11) is 0. The van der Waals surface area contributed by atoms with Gasteiger partial charge < -0.3 is 0 Å². The Balaban J connectivity index is 0. The molecule has 0 aliphatic heterocycles. The van der Waals surface area contributed by atoms with E-state index in [1.54, 1.807) is 6.08 Å². The van der Waals surface area contributed by atoms with Crippen LogP contribution in [0.1, 0.15) is 41.0 Å². The van der Waals surface area contributed by atoms with Crippen LogP contribution < -0.4 is 0 Å². The van der Waals surface area contributed by atoms with E-state index in [4.69, 9.17) is 0 Å².